The third-order valence-electron chi connectivity index (χ3n) is 4.23. The molecule has 0 aliphatic carbocycles. The van der Waals surface area contributed by atoms with Crippen LogP contribution < -0.4 is 10.6 Å². The van der Waals surface area contributed by atoms with Gasteiger partial charge in [-0.15, -0.1) is 0 Å². The highest BCUT2D eigenvalue weighted by molar-refractivity contribution is 7.99. The minimum absolute atomic E-state index is 0.497. The van der Waals surface area contributed by atoms with Gasteiger partial charge in [0.25, 0.3) is 0 Å². The molecule has 0 spiro atoms. The van der Waals surface area contributed by atoms with Crippen LogP contribution in [0.1, 0.15) is 67.2 Å². The highest BCUT2D eigenvalue weighted by atomic mass is 32.2. The van der Waals surface area contributed by atoms with E-state index in [1.165, 1.54) is 16.7 Å². The lowest BCUT2D eigenvalue weighted by Gasteiger charge is -2.17. The summed E-state index contributed by atoms with van der Waals surface area (Å²) in [6.07, 6.45) is 11.2. The quantitative estimate of drug-likeness (QED) is 0.156. The number of guanidine groups is 1. The Morgan fingerprint density at radius 3 is 2.21 bits per heavy atom. The van der Waals surface area contributed by atoms with Crippen molar-refractivity contribution in [2.75, 3.05) is 24.6 Å². The molecule has 0 saturated heterocycles. The molecule has 0 fully saturated rings. The second kappa shape index (κ2) is 17.2. The Morgan fingerprint density at radius 2 is 1.66 bits per heavy atom. The molecule has 166 valence electrons. The third kappa shape index (κ3) is 15.9. The molecule has 5 nitrogen and oxygen atoms in total. The van der Waals surface area contributed by atoms with Crippen LogP contribution in [-0.4, -0.2) is 47.7 Å². The molecule has 0 saturated carbocycles. The Kier molecular flexibility index (Phi) is 16.2. The normalized spacial score (nSPS) is 13.8. The van der Waals surface area contributed by atoms with Crippen molar-refractivity contribution in [3.8, 4) is 0 Å². The van der Waals surface area contributed by atoms with Gasteiger partial charge in [-0.25, -0.2) is 4.79 Å². The second-order valence-electron chi connectivity index (χ2n) is 7.39. The van der Waals surface area contributed by atoms with Gasteiger partial charge in [-0.3, -0.25) is 4.99 Å². The van der Waals surface area contributed by atoms with Crippen molar-refractivity contribution in [3.63, 3.8) is 0 Å². The highest BCUT2D eigenvalue weighted by Crippen LogP contribution is 2.13. The van der Waals surface area contributed by atoms with Crippen LogP contribution in [0.15, 0.2) is 39.9 Å². The van der Waals surface area contributed by atoms with Crippen LogP contribution in [0.2, 0.25) is 0 Å². The Hall–Kier alpha value is -1.69. The van der Waals surface area contributed by atoms with Gasteiger partial charge in [0.1, 0.15) is 6.04 Å². The average Bonchev–Trinajstić information content (AvgIpc) is 2.64. The summed E-state index contributed by atoms with van der Waals surface area (Å²) in [4.78, 5) is 15.8. The number of allylic oxidation sites excluding steroid dienone is 5. The highest BCUT2D eigenvalue weighted by Gasteiger charge is 2.18. The van der Waals surface area contributed by atoms with Gasteiger partial charge in [0.05, 0.1) is 0 Å². The Balaban J connectivity index is 4.31. The van der Waals surface area contributed by atoms with Gasteiger partial charge in [0.2, 0.25) is 0 Å². The predicted octanol–water partition coefficient (Wildman–Crippen LogP) is 5.17. The van der Waals surface area contributed by atoms with Gasteiger partial charge in [0, 0.05) is 24.6 Å². The first-order chi connectivity index (χ1) is 13.8. The number of nitrogens with zero attached hydrogens (tertiary/aromatic N) is 1. The van der Waals surface area contributed by atoms with Gasteiger partial charge < -0.3 is 15.7 Å². The van der Waals surface area contributed by atoms with Gasteiger partial charge in [-0.2, -0.15) is 11.8 Å². The number of aliphatic carboxylic acids is 1. The van der Waals surface area contributed by atoms with Crippen LogP contribution in [0.4, 0.5) is 0 Å². The molecule has 29 heavy (non-hydrogen) atoms. The van der Waals surface area contributed by atoms with Gasteiger partial charge in [0.15, 0.2) is 5.96 Å². The minimum atomic E-state index is -0.853. The van der Waals surface area contributed by atoms with Crippen molar-refractivity contribution >= 4 is 23.7 Å². The molecule has 1 atom stereocenters. The number of carboxylic acid groups (broad SMARTS) is 1. The molecule has 0 unspecified atom stereocenters. The molecule has 0 amide bonds. The van der Waals surface area contributed by atoms with E-state index in [1.54, 1.807) is 11.8 Å². The van der Waals surface area contributed by atoms with Crippen molar-refractivity contribution in [1.29, 1.82) is 0 Å². The molecule has 0 aromatic rings. The molecule has 6 heteroatoms. The van der Waals surface area contributed by atoms with E-state index in [9.17, 15) is 9.90 Å². The first-order valence-corrected chi connectivity index (χ1v) is 11.8. The van der Waals surface area contributed by atoms with Crippen molar-refractivity contribution in [1.82, 2.24) is 10.6 Å². The van der Waals surface area contributed by atoms with E-state index in [1.807, 2.05) is 13.8 Å². The largest absolute Gasteiger partial charge is 0.480 e. The molecule has 0 aliphatic heterocycles. The van der Waals surface area contributed by atoms with Crippen LogP contribution in [0.3, 0.4) is 0 Å². The van der Waals surface area contributed by atoms with E-state index in [0.29, 0.717) is 24.8 Å². The molecule has 3 N–H and O–H groups in total. The molecule has 0 aliphatic rings. The summed E-state index contributed by atoms with van der Waals surface area (Å²) in [5.41, 5.74) is 4.18. The second-order valence-corrected chi connectivity index (χ2v) is 8.46. The summed E-state index contributed by atoms with van der Waals surface area (Å²) in [5.74, 6) is 1.02. The summed E-state index contributed by atoms with van der Waals surface area (Å²) in [6, 6.07) is -0.649. The summed E-state index contributed by atoms with van der Waals surface area (Å²) in [5, 5.41) is 15.5. The zero-order valence-electron chi connectivity index (χ0n) is 19.2. The molecule has 0 radical (unpaired) electrons. The van der Waals surface area contributed by atoms with Gasteiger partial charge in [-0.1, -0.05) is 34.9 Å². The maximum atomic E-state index is 11.5. The van der Waals surface area contributed by atoms with E-state index in [0.717, 1.165) is 31.4 Å². The molecule has 0 bridgehead atoms. The predicted molar refractivity (Wildman–Crippen MR) is 129 cm³/mol. The zero-order valence-corrected chi connectivity index (χ0v) is 20.0. The summed E-state index contributed by atoms with van der Waals surface area (Å²) >= 11 is 1.63. The van der Waals surface area contributed by atoms with Crippen LogP contribution >= 0.6 is 11.8 Å². The molecular weight excluding hydrogens is 382 g/mol. The van der Waals surface area contributed by atoms with Crippen molar-refractivity contribution in [2.45, 2.75) is 73.3 Å². The lowest BCUT2D eigenvalue weighted by atomic mass is 10.1. The van der Waals surface area contributed by atoms with Crippen molar-refractivity contribution in [3.05, 3.63) is 34.9 Å². The number of carboxylic acids is 1. The number of hydrogen-bond acceptors (Lipinski definition) is 3. The number of carbonyl (C=O) groups is 1. The SMILES string of the molecule is CC/N=C(\NCC)N[C@@H](CSC/C=C(\C)CC/C=C(\C)CCC=C(C)C)C(=O)O. The molecular formula is C23H41N3O2S. The zero-order chi connectivity index (χ0) is 22.1. The summed E-state index contributed by atoms with van der Waals surface area (Å²) in [7, 11) is 0. The fourth-order valence-electron chi connectivity index (χ4n) is 2.54. The minimum Gasteiger partial charge on any atom is -0.480 e. The molecule has 0 heterocycles. The Bertz CT molecular complexity index is 591. The number of nitrogens with one attached hydrogen (secondary N) is 2. The number of thioether (sulfide) groups is 1. The van der Waals surface area contributed by atoms with E-state index in [-0.39, 0.29) is 0 Å². The lowest BCUT2D eigenvalue weighted by Crippen LogP contribution is -2.48. The Labute approximate surface area is 182 Å². The van der Waals surface area contributed by atoms with Gasteiger partial charge in [-0.05, 0) is 67.2 Å². The maximum Gasteiger partial charge on any atom is 0.327 e. The number of rotatable bonds is 14. The Morgan fingerprint density at radius 1 is 1.03 bits per heavy atom. The van der Waals surface area contributed by atoms with E-state index in [2.05, 4.69) is 61.5 Å². The van der Waals surface area contributed by atoms with Crippen LogP contribution in [0.5, 0.6) is 0 Å². The van der Waals surface area contributed by atoms with E-state index >= 15 is 0 Å². The standard InChI is InChI=1S/C23H41N3O2S/c1-7-24-23(25-8-2)26-21(22(27)28)17-29-16-15-20(6)14-10-13-19(5)12-9-11-18(3)4/h11,13,15,21H,7-10,12,14,16-17H2,1-6H3,(H,27,28)(H2,24,25,26)/b19-13+,20-15+/t21-/m0/s1. The molecule has 0 rings (SSSR count). The lowest BCUT2D eigenvalue weighted by molar-refractivity contribution is -0.138. The average molecular weight is 424 g/mol. The first-order valence-electron chi connectivity index (χ1n) is 10.6. The van der Waals surface area contributed by atoms with E-state index < -0.39 is 12.0 Å². The fraction of sp³-hybridized carbons (Fsp3) is 0.652. The van der Waals surface area contributed by atoms with E-state index in [4.69, 9.17) is 0 Å². The fourth-order valence-corrected chi connectivity index (χ4v) is 3.54. The van der Waals surface area contributed by atoms with Crippen LogP contribution in [-0.2, 0) is 4.79 Å². The molecule has 0 aromatic carbocycles. The summed E-state index contributed by atoms with van der Waals surface area (Å²) in [6.45, 7) is 13.8. The first kappa shape index (κ1) is 27.3. The number of hydrogen-bond donors (Lipinski definition) is 3. The molecule has 0 aromatic heterocycles. The van der Waals surface area contributed by atoms with Crippen molar-refractivity contribution in [2.24, 2.45) is 4.99 Å². The monoisotopic (exact) mass is 423 g/mol. The van der Waals surface area contributed by atoms with Crippen LogP contribution in [0.25, 0.3) is 0 Å². The number of aliphatic imine (C=N–C) groups is 1. The topological polar surface area (TPSA) is 73.7 Å². The smallest absolute Gasteiger partial charge is 0.327 e. The van der Waals surface area contributed by atoms with Crippen molar-refractivity contribution < 1.29 is 9.90 Å². The summed E-state index contributed by atoms with van der Waals surface area (Å²) < 4.78 is 0. The maximum absolute atomic E-state index is 11.5. The third-order valence-corrected chi connectivity index (χ3v) is 5.20. The van der Waals surface area contributed by atoms with Gasteiger partial charge >= 0.3 is 5.97 Å². The van der Waals surface area contributed by atoms with Crippen LogP contribution in [0, 0.1) is 0 Å².